The van der Waals surface area contributed by atoms with E-state index in [0.717, 1.165) is 18.7 Å². The van der Waals surface area contributed by atoms with Gasteiger partial charge in [-0.2, -0.15) is 0 Å². The van der Waals surface area contributed by atoms with Crippen molar-refractivity contribution in [3.8, 4) is 0 Å². The predicted octanol–water partition coefficient (Wildman–Crippen LogP) is 2.59. The third-order valence-corrected chi connectivity index (χ3v) is 4.23. The molecule has 106 valence electrons. The molecule has 19 heavy (non-hydrogen) atoms. The Morgan fingerprint density at radius 1 is 1.26 bits per heavy atom. The summed E-state index contributed by atoms with van der Waals surface area (Å²) in [6, 6.07) is 6.61. The van der Waals surface area contributed by atoms with Crippen molar-refractivity contribution >= 4 is 0 Å². The minimum atomic E-state index is -0.216. The summed E-state index contributed by atoms with van der Waals surface area (Å²) >= 11 is 0. The minimum absolute atomic E-state index is 0.0821. The van der Waals surface area contributed by atoms with Crippen LogP contribution in [0.25, 0.3) is 0 Å². The summed E-state index contributed by atoms with van der Waals surface area (Å²) in [5, 5.41) is 0. The van der Waals surface area contributed by atoms with Crippen molar-refractivity contribution in [1.82, 2.24) is 10.3 Å². The lowest BCUT2D eigenvalue weighted by Crippen LogP contribution is -2.55. The van der Waals surface area contributed by atoms with Crippen LogP contribution in [0.5, 0.6) is 0 Å². The molecule has 2 rings (SSSR count). The number of nitrogens with two attached hydrogens (primary N) is 1. The molecule has 1 atom stereocenters. The maximum absolute atomic E-state index is 13.4. The molecule has 0 bridgehead atoms. The van der Waals surface area contributed by atoms with Crippen molar-refractivity contribution in [2.24, 2.45) is 5.84 Å². The van der Waals surface area contributed by atoms with Crippen molar-refractivity contribution in [2.75, 3.05) is 13.1 Å². The van der Waals surface area contributed by atoms with E-state index in [9.17, 15) is 4.39 Å². The SMILES string of the molecule is CC(C)(C(NN)c1cccc(F)c1)N1CCCCC1. The number of rotatable bonds is 4. The molecule has 1 aromatic rings. The van der Waals surface area contributed by atoms with Crippen LogP contribution in [-0.2, 0) is 0 Å². The van der Waals surface area contributed by atoms with Crippen LogP contribution in [0.2, 0.25) is 0 Å². The molecule has 0 aromatic heterocycles. The molecule has 1 unspecified atom stereocenters. The summed E-state index contributed by atoms with van der Waals surface area (Å²) in [7, 11) is 0. The topological polar surface area (TPSA) is 41.3 Å². The largest absolute Gasteiger partial charge is 0.296 e. The summed E-state index contributed by atoms with van der Waals surface area (Å²) in [6.45, 7) is 6.52. The summed E-state index contributed by atoms with van der Waals surface area (Å²) in [4.78, 5) is 2.45. The summed E-state index contributed by atoms with van der Waals surface area (Å²) in [5.74, 6) is 5.53. The Balaban J connectivity index is 2.24. The monoisotopic (exact) mass is 265 g/mol. The molecule has 1 saturated heterocycles. The molecular weight excluding hydrogens is 241 g/mol. The summed E-state index contributed by atoms with van der Waals surface area (Å²) in [5.41, 5.74) is 3.64. The van der Waals surface area contributed by atoms with Crippen molar-refractivity contribution < 1.29 is 4.39 Å². The average molecular weight is 265 g/mol. The zero-order valence-corrected chi connectivity index (χ0v) is 11.8. The maximum Gasteiger partial charge on any atom is 0.123 e. The van der Waals surface area contributed by atoms with E-state index in [1.807, 2.05) is 6.07 Å². The van der Waals surface area contributed by atoms with E-state index in [-0.39, 0.29) is 17.4 Å². The quantitative estimate of drug-likeness (QED) is 0.649. The lowest BCUT2D eigenvalue weighted by Gasteiger charge is -2.45. The molecular formula is C15H24FN3. The summed E-state index contributed by atoms with van der Waals surface area (Å²) in [6.07, 6.45) is 3.75. The Hall–Kier alpha value is -0.970. The first kappa shape index (κ1) is 14.4. The Bertz CT molecular complexity index is 414. The average Bonchev–Trinajstić information content (AvgIpc) is 2.40. The Morgan fingerprint density at radius 2 is 1.95 bits per heavy atom. The molecule has 3 N–H and O–H groups in total. The van der Waals surface area contributed by atoms with E-state index < -0.39 is 0 Å². The highest BCUT2D eigenvalue weighted by molar-refractivity contribution is 5.23. The zero-order chi connectivity index (χ0) is 13.9. The zero-order valence-electron chi connectivity index (χ0n) is 11.8. The van der Waals surface area contributed by atoms with E-state index in [2.05, 4.69) is 24.2 Å². The normalized spacial score (nSPS) is 19.4. The Labute approximate surface area is 114 Å². The minimum Gasteiger partial charge on any atom is -0.296 e. The highest BCUT2D eigenvalue weighted by Crippen LogP contribution is 2.32. The Kier molecular flexibility index (Phi) is 4.55. The van der Waals surface area contributed by atoms with Crippen LogP contribution in [-0.4, -0.2) is 23.5 Å². The molecule has 1 fully saturated rings. The van der Waals surface area contributed by atoms with Gasteiger partial charge in [-0.15, -0.1) is 0 Å². The second kappa shape index (κ2) is 5.99. The van der Waals surface area contributed by atoms with E-state index in [1.165, 1.54) is 25.3 Å². The van der Waals surface area contributed by atoms with Crippen molar-refractivity contribution in [3.05, 3.63) is 35.6 Å². The van der Waals surface area contributed by atoms with Crippen LogP contribution in [0.4, 0.5) is 4.39 Å². The van der Waals surface area contributed by atoms with Crippen molar-refractivity contribution in [2.45, 2.75) is 44.7 Å². The van der Waals surface area contributed by atoms with E-state index in [4.69, 9.17) is 5.84 Å². The smallest absolute Gasteiger partial charge is 0.123 e. The number of benzene rings is 1. The van der Waals surface area contributed by atoms with E-state index in [1.54, 1.807) is 12.1 Å². The van der Waals surface area contributed by atoms with Gasteiger partial charge in [0.1, 0.15) is 5.82 Å². The van der Waals surface area contributed by atoms with Gasteiger partial charge in [0.25, 0.3) is 0 Å². The highest BCUT2D eigenvalue weighted by atomic mass is 19.1. The molecule has 1 aliphatic rings. The van der Waals surface area contributed by atoms with Gasteiger partial charge in [-0.05, 0) is 57.5 Å². The first-order chi connectivity index (χ1) is 9.05. The number of piperidine rings is 1. The van der Waals surface area contributed by atoms with Gasteiger partial charge in [-0.25, -0.2) is 4.39 Å². The van der Waals surface area contributed by atoms with Gasteiger partial charge in [-0.3, -0.25) is 16.2 Å². The van der Waals surface area contributed by atoms with Crippen LogP contribution in [0.15, 0.2) is 24.3 Å². The first-order valence-electron chi connectivity index (χ1n) is 7.02. The number of nitrogens with zero attached hydrogens (tertiary/aromatic N) is 1. The molecule has 3 nitrogen and oxygen atoms in total. The molecule has 1 aromatic carbocycles. The fraction of sp³-hybridized carbons (Fsp3) is 0.600. The van der Waals surface area contributed by atoms with Crippen molar-refractivity contribution in [1.29, 1.82) is 0 Å². The summed E-state index contributed by atoms with van der Waals surface area (Å²) < 4.78 is 13.4. The van der Waals surface area contributed by atoms with Crippen molar-refractivity contribution in [3.63, 3.8) is 0 Å². The second-order valence-electron chi connectivity index (χ2n) is 5.86. The van der Waals surface area contributed by atoms with Crippen LogP contribution >= 0.6 is 0 Å². The molecule has 0 saturated carbocycles. The van der Waals surface area contributed by atoms with Gasteiger partial charge in [0, 0.05) is 5.54 Å². The van der Waals surface area contributed by atoms with Gasteiger partial charge < -0.3 is 0 Å². The number of hydrogen-bond donors (Lipinski definition) is 2. The number of likely N-dealkylation sites (tertiary alicyclic amines) is 1. The van der Waals surface area contributed by atoms with E-state index >= 15 is 0 Å². The molecule has 1 aliphatic heterocycles. The highest BCUT2D eigenvalue weighted by Gasteiger charge is 2.36. The molecule has 0 spiro atoms. The fourth-order valence-corrected chi connectivity index (χ4v) is 3.05. The van der Waals surface area contributed by atoms with Crippen LogP contribution < -0.4 is 11.3 Å². The molecule has 0 aliphatic carbocycles. The predicted molar refractivity (Wildman–Crippen MR) is 76.0 cm³/mol. The number of nitrogens with one attached hydrogen (secondary N) is 1. The van der Waals surface area contributed by atoms with Gasteiger partial charge in [0.05, 0.1) is 6.04 Å². The lowest BCUT2D eigenvalue weighted by molar-refractivity contribution is 0.0607. The number of hydrazine groups is 1. The van der Waals surface area contributed by atoms with Crippen LogP contribution in [0.3, 0.4) is 0 Å². The standard InChI is InChI=1S/C15H24FN3/c1-15(2,19-9-4-3-5-10-19)14(18-17)12-7-6-8-13(16)11-12/h6-8,11,14,18H,3-5,9-10,17H2,1-2H3. The lowest BCUT2D eigenvalue weighted by atomic mass is 9.86. The Morgan fingerprint density at radius 3 is 2.53 bits per heavy atom. The molecule has 4 heteroatoms. The van der Waals surface area contributed by atoms with Crippen LogP contribution in [0.1, 0.15) is 44.7 Å². The molecule has 0 amide bonds. The molecule has 1 heterocycles. The second-order valence-corrected chi connectivity index (χ2v) is 5.86. The van der Waals surface area contributed by atoms with Gasteiger partial charge in [0.15, 0.2) is 0 Å². The van der Waals surface area contributed by atoms with E-state index in [0.29, 0.717) is 0 Å². The van der Waals surface area contributed by atoms with Crippen LogP contribution in [0, 0.1) is 5.82 Å². The maximum atomic E-state index is 13.4. The fourth-order valence-electron chi connectivity index (χ4n) is 3.05. The third-order valence-electron chi connectivity index (χ3n) is 4.23. The third kappa shape index (κ3) is 3.14. The van der Waals surface area contributed by atoms with Gasteiger partial charge >= 0.3 is 0 Å². The van der Waals surface area contributed by atoms with Gasteiger partial charge in [0.2, 0.25) is 0 Å². The number of halogens is 1. The molecule has 0 radical (unpaired) electrons. The first-order valence-corrected chi connectivity index (χ1v) is 7.02. The number of hydrogen-bond acceptors (Lipinski definition) is 3. The van der Waals surface area contributed by atoms with Gasteiger partial charge in [-0.1, -0.05) is 18.6 Å².